The van der Waals surface area contributed by atoms with E-state index in [2.05, 4.69) is 5.32 Å². The van der Waals surface area contributed by atoms with Gasteiger partial charge in [0, 0.05) is 23.9 Å². The van der Waals surface area contributed by atoms with Gasteiger partial charge in [-0.25, -0.2) is 0 Å². The fraction of sp³-hybridized carbons (Fsp3) is 0.562. The van der Waals surface area contributed by atoms with Gasteiger partial charge in [0.1, 0.15) is 0 Å². The minimum atomic E-state index is -4.35. The van der Waals surface area contributed by atoms with Crippen molar-refractivity contribution in [3.05, 3.63) is 35.4 Å². The Morgan fingerprint density at radius 1 is 1.35 bits per heavy atom. The summed E-state index contributed by atoms with van der Waals surface area (Å²) in [6.07, 6.45) is -2.79. The van der Waals surface area contributed by atoms with Crippen LogP contribution in [0.2, 0.25) is 0 Å². The monoisotopic (exact) mass is 350 g/mol. The number of rotatable bonds is 5. The van der Waals surface area contributed by atoms with Crippen LogP contribution in [0.5, 0.6) is 0 Å². The summed E-state index contributed by atoms with van der Waals surface area (Å²) in [7, 11) is 0. The third kappa shape index (κ3) is 4.61. The van der Waals surface area contributed by atoms with E-state index in [1.54, 1.807) is 19.9 Å². The van der Waals surface area contributed by atoms with Gasteiger partial charge in [-0.15, -0.1) is 12.4 Å². The number of nitrogens with one attached hydrogen (secondary N) is 1. The van der Waals surface area contributed by atoms with Crippen molar-refractivity contribution in [2.24, 2.45) is 11.7 Å². The number of carbonyl (C=O) groups is 1. The number of benzene rings is 1. The molecule has 0 spiro atoms. The lowest BCUT2D eigenvalue weighted by Gasteiger charge is -2.21. The number of hydrogen-bond acceptors (Lipinski definition) is 2. The Kier molecular flexibility index (Phi) is 6.10. The van der Waals surface area contributed by atoms with E-state index in [1.807, 2.05) is 0 Å². The maximum atomic E-state index is 12.8. The van der Waals surface area contributed by atoms with Crippen molar-refractivity contribution in [1.29, 1.82) is 0 Å². The molecule has 3 nitrogen and oxygen atoms in total. The van der Waals surface area contributed by atoms with Gasteiger partial charge in [0.05, 0.1) is 5.56 Å². The van der Waals surface area contributed by atoms with Crippen molar-refractivity contribution in [2.75, 3.05) is 6.54 Å². The van der Waals surface area contributed by atoms with E-state index in [4.69, 9.17) is 5.73 Å². The minimum absolute atomic E-state index is 0. The molecule has 0 heterocycles. The molecule has 23 heavy (non-hydrogen) atoms. The number of amides is 1. The number of halogens is 4. The van der Waals surface area contributed by atoms with E-state index < -0.39 is 11.7 Å². The summed E-state index contributed by atoms with van der Waals surface area (Å²) >= 11 is 0. The molecule has 0 aliphatic heterocycles. The molecule has 1 aromatic rings. The van der Waals surface area contributed by atoms with Crippen LogP contribution in [0.3, 0.4) is 0 Å². The quantitative estimate of drug-likeness (QED) is 0.856. The number of hydrogen-bond donors (Lipinski definition) is 2. The molecule has 3 N–H and O–H groups in total. The summed E-state index contributed by atoms with van der Waals surface area (Å²) in [6.45, 7) is 3.85. The zero-order chi connectivity index (χ0) is 16.5. The van der Waals surface area contributed by atoms with E-state index in [9.17, 15) is 18.0 Å². The Balaban J connectivity index is 0.00000264. The molecule has 1 aliphatic rings. The Bertz CT molecular complexity index is 557. The lowest BCUT2D eigenvalue weighted by molar-refractivity contribution is -0.137. The largest absolute Gasteiger partial charge is 0.416 e. The summed E-state index contributed by atoms with van der Waals surface area (Å²) < 4.78 is 38.4. The van der Waals surface area contributed by atoms with Gasteiger partial charge in [-0.05, 0) is 31.4 Å². The molecule has 0 saturated heterocycles. The average molecular weight is 351 g/mol. The normalized spacial score (nSPS) is 18.5. The molecule has 1 aromatic carbocycles. The molecule has 0 bridgehead atoms. The zero-order valence-corrected chi connectivity index (χ0v) is 13.9. The van der Waals surface area contributed by atoms with Crippen LogP contribution in [0.4, 0.5) is 13.2 Å². The summed E-state index contributed by atoms with van der Waals surface area (Å²) in [6, 6.07) is 5.11. The average Bonchev–Trinajstić information content (AvgIpc) is 3.24. The maximum Gasteiger partial charge on any atom is 0.416 e. The van der Waals surface area contributed by atoms with Gasteiger partial charge in [0.25, 0.3) is 0 Å². The fourth-order valence-corrected chi connectivity index (χ4v) is 2.40. The second-order valence-electron chi connectivity index (χ2n) is 6.22. The van der Waals surface area contributed by atoms with Crippen LogP contribution in [0.25, 0.3) is 0 Å². The summed E-state index contributed by atoms with van der Waals surface area (Å²) in [5.74, 6) is -0.481. The topological polar surface area (TPSA) is 55.1 Å². The molecule has 130 valence electrons. The van der Waals surface area contributed by atoms with Crippen molar-refractivity contribution in [2.45, 2.75) is 44.3 Å². The van der Waals surface area contributed by atoms with Gasteiger partial charge in [0.2, 0.25) is 5.91 Å². The molecule has 2 atom stereocenters. The van der Waals surface area contributed by atoms with E-state index in [1.165, 1.54) is 12.1 Å². The molecule has 0 radical (unpaired) electrons. The fourth-order valence-electron chi connectivity index (χ4n) is 2.40. The van der Waals surface area contributed by atoms with Crippen molar-refractivity contribution in [1.82, 2.24) is 5.32 Å². The van der Waals surface area contributed by atoms with Crippen LogP contribution >= 0.6 is 12.4 Å². The van der Waals surface area contributed by atoms with Crippen LogP contribution in [0.15, 0.2) is 24.3 Å². The second-order valence-corrected chi connectivity index (χ2v) is 6.22. The highest BCUT2D eigenvalue weighted by Crippen LogP contribution is 2.48. The first-order chi connectivity index (χ1) is 10.2. The molecule has 0 aromatic heterocycles. The van der Waals surface area contributed by atoms with E-state index in [-0.39, 0.29) is 35.7 Å². The Morgan fingerprint density at radius 2 is 1.96 bits per heavy atom. The summed E-state index contributed by atoms with van der Waals surface area (Å²) in [5.41, 5.74) is 5.31. The standard InChI is InChI=1S/C16H21F3N2O.ClH/c1-10(11(2)20)14(22)21-9-15(6-7-15)12-4-3-5-13(8-12)16(17,18)19;/h3-5,8,10-11H,6-7,9,20H2,1-2H3,(H,21,22);1H. The predicted octanol–water partition coefficient (Wildman–Crippen LogP) is 3.26. The molecule has 2 unspecified atom stereocenters. The third-order valence-electron chi connectivity index (χ3n) is 4.46. The van der Waals surface area contributed by atoms with Gasteiger partial charge in [-0.1, -0.05) is 25.1 Å². The van der Waals surface area contributed by atoms with Crippen LogP contribution in [-0.4, -0.2) is 18.5 Å². The lowest BCUT2D eigenvalue weighted by Crippen LogP contribution is -2.41. The van der Waals surface area contributed by atoms with E-state index in [0.29, 0.717) is 12.1 Å². The van der Waals surface area contributed by atoms with Gasteiger partial charge in [0.15, 0.2) is 0 Å². The van der Waals surface area contributed by atoms with Crippen LogP contribution in [-0.2, 0) is 16.4 Å². The first-order valence-electron chi connectivity index (χ1n) is 7.37. The first kappa shape index (κ1) is 19.8. The summed E-state index contributed by atoms with van der Waals surface area (Å²) in [5, 5.41) is 2.82. The Hall–Kier alpha value is -1.27. The lowest BCUT2D eigenvalue weighted by atomic mass is 9.93. The number of carbonyl (C=O) groups excluding carboxylic acids is 1. The molecule has 1 saturated carbocycles. The highest BCUT2D eigenvalue weighted by atomic mass is 35.5. The van der Waals surface area contributed by atoms with Gasteiger partial charge in [-0.2, -0.15) is 13.2 Å². The maximum absolute atomic E-state index is 12.8. The van der Waals surface area contributed by atoms with Crippen molar-refractivity contribution < 1.29 is 18.0 Å². The van der Waals surface area contributed by atoms with Crippen molar-refractivity contribution in [3.63, 3.8) is 0 Å². The van der Waals surface area contributed by atoms with Gasteiger partial charge in [-0.3, -0.25) is 4.79 Å². The molecular formula is C16H22ClF3N2O. The van der Waals surface area contributed by atoms with Gasteiger partial charge < -0.3 is 11.1 Å². The number of nitrogens with two attached hydrogens (primary N) is 1. The number of alkyl halides is 3. The van der Waals surface area contributed by atoms with Crippen LogP contribution in [0, 0.1) is 5.92 Å². The Labute approximate surface area is 140 Å². The minimum Gasteiger partial charge on any atom is -0.355 e. The molecule has 7 heteroatoms. The molecule has 1 fully saturated rings. The predicted molar refractivity (Wildman–Crippen MR) is 85.4 cm³/mol. The van der Waals surface area contributed by atoms with E-state index >= 15 is 0 Å². The highest BCUT2D eigenvalue weighted by Gasteiger charge is 2.45. The smallest absolute Gasteiger partial charge is 0.355 e. The SMILES string of the molecule is CC(N)C(C)C(=O)NCC1(c2cccc(C(F)(F)F)c2)CC1.Cl. The first-order valence-corrected chi connectivity index (χ1v) is 7.37. The molecule has 1 aliphatic carbocycles. The summed E-state index contributed by atoms with van der Waals surface area (Å²) in [4.78, 5) is 11.9. The third-order valence-corrected chi connectivity index (χ3v) is 4.46. The van der Waals surface area contributed by atoms with Crippen molar-refractivity contribution in [3.8, 4) is 0 Å². The van der Waals surface area contributed by atoms with Crippen LogP contribution < -0.4 is 11.1 Å². The van der Waals surface area contributed by atoms with Crippen molar-refractivity contribution >= 4 is 18.3 Å². The highest BCUT2D eigenvalue weighted by molar-refractivity contribution is 5.85. The van der Waals surface area contributed by atoms with Gasteiger partial charge >= 0.3 is 6.18 Å². The second kappa shape index (κ2) is 7.09. The Morgan fingerprint density at radius 3 is 2.43 bits per heavy atom. The van der Waals surface area contributed by atoms with Crippen LogP contribution in [0.1, 0.15) is 37.8 Å². The molecule has 1 amide bonds. The molecular weight excluding hydrogens is 329 g/mol. The zero-order valence-electron chi connectivity index (χ0n) is 13.1. The molecule has 2 rings (SSSR count). The van der Waals surface area contributed by atoms with E-state index in [0.717, 1.165) is 18.9 Å².